The van der Waals surface area contributed by atoms with Crippen molar-refractivity contribution < 1.29 is 52.7 Å². The highest BCUT2D eigenvalue weighted by Gasteiger charge is 2.81. The molecular weight excluding hydrogens is 533 g/mol. The molecule has 0 aromatic heterocycles. The zero-order chi connectivity index (χ0) is 27.2. The third-order valence-corrected chi connectivity index (χ3v) is 7.74. The van der Waals surface area contributed by atoms with Crippen LogP contribution < -0.4 is 4.90 Å². The molecule has 3 fully saturated rings. The molecule has 2 bridgehead atoms. The molecule has 36 heavy (non-hydrogen) atoms. The Kier molecular flexibility index (Phi) is 5.67. The molecular formula is C20H19F3N2O9S2. The molecule has 0 aliphatic carbocycles. The third kappa shape index (κ3) is 3.89. The molecule has 1 aromatic rings. The molecule has 4 rings (SSSR count). The highest BCUT2D eigenvalue weighted by Crippen LogP contribution is 2.63. The Hall–Kier alpha value is -2.58. The molecule has 0 spiro atoms. The Balaban J connectivity index is 1.85. The number of carbonyl (C=O) groups is 2. The number of anilines is 1. The average Bonchev–Trinajstić information content (AvgIpc) is 3.20. The number of ether oxygens (including phenoxy) is 1. The first-order valence-corrected chi connectivity index (χ1v) is 13.8. The van der Waals surface area contributed by atoms with Gasteiger partial charge in [0.05, 0.1) is 47.2 Å². The molecule has 16 heteroatoms. The van der Waals surface area contributed by atoms with Crippen molar-refractivity contribution >= 4 is 37.7 Å². The summed E-state index contributed by atoms with van der Waals surface area (Å²) in [6.45, 7) is 2.48. The molecule has 196 valence electrons. The Labute approximate surface area is 204 Å². The molecule has 3 aliphatic rings. The monoisotopic (exact) mass is 552 g/mol. The van der Waals surface area contributed by atoms with Gasteiger partial charge >= 0.3 is 6.18 Å². The van der Waals surface area contributed by atoms with Crippen LogP contribution in [0.15, 0.2) is 18.2 Å². The number of hydrogen-bond acceptors (Lipinski definition) is 10. The van der Waals surface area contributed by atoms with Gasteiger partial charge in [0.25, 0.3) is 20.2 Å². The smallest absolute Gasteiger partial charge is 0.362 e. The number of rotatable bonds is 5. The van der Waals surface area contributed by atoms with E-state index in [0.717, 1.165) is 12.1 Å². The second-order valence-electron chi connectivity index (χ2n) is 9.22. The van der Waals surface area contributed by atoms with Crippen molar-refractivity contribution in [3.63, 3.8) is 0 Å². The summed E-state index contributed by atoms with van der Waals surface area (Å²) in [7, 11) is -8.52. The second kappa shape index (κ2) is 7.71. The number of nitrogens with zero attached hydrogens (tertiary/aromatic N) is 2. The SMILES string of the molecule is CC12OC(C)([C@@H](OS(C)(=O)=O)[C@@H]1OS(C)(=O)=O)[C@H]1C(=O)N(c3ccc(C#N)c(C(F)(F)F)c3)C(=O)[C@H]12. The molecule has 3 heterocycles. The number of fused-ring (bicyclic) bond motifs is 5. The second-order valence-corrected chi connectivity index (χ2v) is 12.4. The Bertz CT molecular complexity index is 1370. The first kappa shape index (κ1) is 26.5. The van der Waals surface area contributed by atoms with E-state index in [4.69, 9.17) is 18.4 Å². The van der Waals surface area contributed by atoms with Crippen LogP contribution in [0.2, 0.25) is 0 Å². The van der Waals surface area contributed by atoms with E-state index < -0.39 is 90.3 Å². The van der Waals surface area contributed by atoms with Gasteiger partial charge in [0.1, 0.15) is 23.4 Å². The number of nitriles is 1. The summed E-state index contributed by atoms with van der Waals surface area (Å²) in [4.78, 5) is 27.4. The number of carbonyl (C=O) groups excluding carboxylic acids is 2. The van der Waals surface area contributed by atoms with Crippen molar-refractivity contribution in [2.75, 3.05) is 17.4 Å². The molecule has 2 amide bonds. The fourth-order valence-corrected chi connectivity index (χ4v) is 6.76. The number of alkyl halides is 3. The van der Waals surface area contributed by atoms with E-state index in [-0.39, 0.29) is 0 Å². The summed E-state index contributed by atoms with van der Waals surface area (Å²) in [5.41, 5.74) is -6.37. The van der Waals surface area contributed by atoms with Crippen LogP contribution in [-0.4, -0.2) is 64.6 Å². The molecule has 0 radical (unpaired) electrons. The van der Waals surface area contributed by atoms with Crippen LogP contribution in [0.3, 0.4) is 0 Å². The van der Waals surface area contributed by atoms with E-state index in [1.54, 1.807) is 0 Å². The Morgan fingerprint density at radius 2 is 1.42 bits per heavy atom. The summed E-state index contributed by atoms with van der Waals surface area (Å²) in [5.74, 6) is -4.89. The fraction of sp³-hybridized carbons (Fsp3) is 0.550. The normalized spacial score (nSPS) is 34.2. The van der Waals surface area contributed by atoms with Gasteiger partial charge in [0.2, 0.25) is 11.8 Å². The first-order chi connectivity index (χ1) is 16.2. The van der Waals surface area contributed by atoms with Crippen LogP contribution in [0.1, 0.15) is 25.0 Å². The van der Waals surface area contributed by atoms with Gasteiger partial charge < -0.3 is 4.74 Å². The summed E-state index contributed by atoms with van der Waals surface area (Å²) < 4.78 is 104. The minimum absolute atomic E-state index is 0.474. The van der Waals surface area contributed by atoms with E-state index in [9.17, 15) is 39.6 Å². The van der Waals surface area contributed by atoms with Crippen molar-refractivity contribution in [3.8, 4) is 6.07 Å². The van der Waals surface area contributed by atoms with Crippen LogP contribution in [0, 0.1) is 23.2 Å². The molecule has 1 aromatic carbocycles. The quantitative estimate of drug-likeness (QED) is 0.380. The molecule has 0 saturated carbocycles. The lowest BCUT2D eigenvalue weighted by Crippen LogP contribution is -2.60. The molecule has 11 nitrogen and oxygen atoms in total. The topological polar surface area (TPSA) is 157 Å². The van der Waals surface area contributed by atoms with Gasteiger partial charge in [-0.25, -0.2) is 4.90 Å². The van der Waals surface area contributed by atoms with E-state index in [1.165, 1.54) is 19.9 Å². The van der Waals surface area contributed by atoms with Gasteiger partial charge in [0.15, 0.2) is 0 Å². The van der Waals surface area contributed by atoms with Gasteiger partial charge in [-0.15, -0.1) is 0 Å². The van der Waals surface area contributed by atoms with Gasteiger partial charge in [-0.2, -0.15) is 35.3 Å². The zero-order valence-electron chi connectivity index (χ0n) is 19.1. The molecule has 0 N–H and O–H groups in total. The lowest BCUT2D eigenvalue weighted by Gasteiger charge is -2.39. The number of amides is 2. The number of benzene rings is 1. The standard InChI is InChI=1S/C20H19F3N2O9S2/c1-18-12-13(19(2,34-18)15(33-36(4,30)31)14(18)32-35(3,28)29)17(27)25(16(12)26)10-6-5-9(8-24)11(7-10)20(21,22)23/h5-7,12-15H,1-4H3/t12-,13+,14-,15-,18?,19?/m0/s1. The maximum atomic E-state index is 13.5. The van der Waals surface area contributed by atoms with Gasteiger partial charge in [-0.1, -0.05) is 0 Å². The van der Waals surface area contributed by atoms with Crippen molar-refractivity contribution in [2.24, 2.45) is 11.8 Å². The summed E-state index contributed by atoms with van der Waals surface area (Å²) >= 11 is 0. The molecule has 3 aliphatic heterocycles. The van der Waals surface area contributed by atoms with Crippen molar-refractivity contribution in [2.45, 2.75) is 43.4 Å². The highest BCUT2D eigenvalue weighted by atomic mass is 32.2. The number of halogens is 3. The van der Waals surface area contributed by atoms with E-state index in [0.29, 0.717) is 23.5 Å². The molecule has 2 unspecified atom stereocenters. The minimum Gasteiger partial charge on any atom is -0.362 e. The number of imide groups is 1. The van der Waals surface area contributed by atoms with E-state index in [2.05, 4.69) is 0 Å². The minimum atomic E-state index is -4.97. The third-order valence-electron chi connectivity index (χ3n) is 6.63. The van der Waals surface area contributed by atoms with Crippen molar-refractivity contribution in [1.82, 2.24) is 0 Å². The van der Waals surface area contributed by atoms with Crippen LogP contribution >= 0.6 is 0 Å². The lowest BCUT2D eigenvalue weighted by atomic mass is 9.66. The van der Waals surface area contributed by atoms with Crippen LogP contribution in [0.5, 0.6) is 0 Å². The predicted octanol–water partition coefficient (Wildman–Crippen LogP) is 0.933. The summed E-state index contributed by atoms with van der Waals surface area (Å²) in [6, 6.07) is 3.69. The first-order valence-electron chi connectivity index (χ1n) is 10.2. The maximum absolute atomic E-state index is 13.5. The Morgan fingerprint density at radius 1 is 0.972 bits per heavy atom. The zero-order valence-corrected chi connectivity index (χ0v) is 20.7. The highest BCUT2D eigenvalue weighted by molar-refractivity contribution is 7.86. The summed E-state index contributed by atoms with van der Waals surface area (Å²) in [6.07, 6.45) is -6.97. The Morgan fingerprint density at radius 3 is 1.78 bits per heavy atom. The van der Waals surface area contributed by atoms with Gasteiger partial charge in [0, 0.05) is 0 Å². The maximum Gasteiger partial charge on any atom is 0.417 e. The summed E-state index contributed by atoms with van der Waals surface area (Å²) in [5, 5.41) is 9.02. The van der Waals surface area contributed by atoms with Crippen LogP contribution in [0.4, 0.5) is 18.9 Å². The van der Waals surface area contributed by atoms with Crippen molar-refractivity contribution in [1.29, 1.82) is 5.26 Å². The van der Waals surface area contributed by atoms with Gasteiger partial charge in [-0.3, -0.25) is 18.0 Å². The fourth-order valence-electron chi connectivity index (χ4n) is 5.42. The van der Waals surface area contributed by atoms with Crippen LogP contribution in [-0.2, 0) is 49.1 Å². The molecule has 3 saturated heterocycles. The van der Waals surface area contributed by atoms with Gasteiger partial charge in [-0.05, 0) is 32.0 Å². The predicted molar refractivity (Wildman–Crippen MR) is 113 cm³/mol. The largest absolute Gasteiger partial charge is 0.417 e. The number of hydrogen-bond donors (Lipinski definition) is 0. The lowest BCUT2D eigenvalue weighted by molar-refractivity contribution is -0.138. The van der Waals surface area contributed by atoms with Crippen LogP contribution in [0.25, 0.3) is 0 Å². The van der Waals surface area contributed by atoms with E-state index in [1.807, 2.05) is 0 Å². The molecule has 6 atom stereocenters. The average molecular weight is 553 g/mol. The van der Waals surface area contributed by atoms with E-state index >= 15 is 0 Å². The van der Waals surface area contributed by atoms with Crippen molar-refractivity contribution in [3.05, 3.63) is 29.3 Å².